The topological polar surface area (TPSA) is 75.0 Å². The van der Waals surface area contributed by atoms with Crippen molar-refractivity contribution in [2.45, 2.75) is 26.4 Å². The van der Waals surface area contributed by atoms with Gasteiger partial charge in [-0.1, -0.05) is 30.3 Å². The van der Waals surface area contributed by atoms with Crippen molar-refractivity contribution in [1.82, 2.24) is 0 Å². The van der Waals surface area contributed by atoms with E-state index in [2.05, 4.69) is 0 Å². The molecule has 0 aliphatic rings. The summed E-state index contributed by atoms with van der Waals surface area (Å²) in [6.45, 7) is 2.82. The van der Waals surface area contributed by atoms with Gasteiger partial charge in [0.2, 0.25) is 0 Å². The first-order valence-corrected chi connectivity index (χ1v) is 9.45. The molecule has 152 valence electrons. The van der Waals surface area contributed by atoms with Crippen molar-refractivity contribution in [1.29, 1.82) is 0 Å². The molecule has 0 bridgehead atoms. The Bertz CT molecular complexity index is 1020. The minimum Gasteiger partial charge on any atom is -0.488 e. The number of methoxy groups -OCH3 is 1. The molecule has 0 saturated carbocycles. The van der Waals surface area contributed by atoms with E-state index in [0.29, 0.717) is 31.0 Å². The van der Waals surface area contributed by atoms with Gasteiger partial charge in [0.15, 0.2) is 0 Å². The van der Waals surface area contributed by atoms with Gasteiger partial charge in [0.05, 0.1) is 6.61 Å². The van der Waals surface area contributed by atoms with E-state index >= 15 is 0 Å². The zero-order valence-corrected chi connectivity index (χ0v) is 16.6. The summed E-state index contributed by atoms with van der Waals surface area (Å²) >= 11 is 0. The molecule has 0 saturated heterocycles. The van der Waals surface area contributed by atoms with Crippen molar-refractivity contribution in [3.63, 3.8) is 0 Å². The molecule has 0 spiro atoms. The van der Waals surface area contributed by atoms with E-state index in [-0.39, 0.29) is 19.0 Å². The monoisotopic (exact) mass is 396 g/mol. The van der Waals surface area contributed by atoms with Gasteiger partial charge in [0.1, 0.15) is 24.5 Å². The highest BCUT2D eigenvalue weighted by atomic mass is 16.6. The number of rotatable bonds is 9. The largest absolute Gasteiger partial charge is 0.488 e. The Morgan fingerprint density at radius 1 is 1.07 bits per heavy atom. The van der Waals surface area contributed by atoms with Crippen molar-refractivity contribution in [2.24, 2.45) is 0 Å². The van der Waals surface area contributed by atoms with Gasteiger partial charge in [-0.05, 0) is 36.1 Å². The van der Waals surface area contributed by atoms with Crippen LogP contribution in [0.4, 0.5) is 0 Å². The summed E-state index contributed by atoms with van der Waals surface area (Å²) in [5, 5.41) is 0.819. The van der Waals surface area contributed by atoms with Crippen LogP contribution in [0.1, 0.15) is 23.1 Å². The lowest BCUT2D eigenvalue weighted by Gasteiger charge is -2.13. The van der Waals surface area contributed by atoms with Gasteiger partial charge in [0, 0.05) is 31.0 Å². The predicted molar refractivity (Wildman–Crippen MR) is 109 cm³/mol. The number of esters is 1. The van der Waals surface area contributed by atoms with Gasteiger partial charge in [0.25, 0.3) is 0 Å². The normalized spacial score (nSPS) is 10.8. The number of carbonyl (C=O) groups excluding carboxylic acids is 1. The highest BCUT2D eigenvalue weighted by Gasteiger charge is 2.13. The van der Waals surface area contributed by atoms with E-state index in [1.54, 1.807) is 13.2 Å². The van der Waals surface area contributed by atoms with Gasteiger partial charge in [-0.25, -0.2) is 4.79 Å². The molecule has 1 aromatic heterocycles. The van der Waals surface area contributed by atoms with Crippen LogP contribution >= 0.6 is 0 Å². The summed E-state index contributed by atoms with van der Waals surface area (Å²) in [5.41, 5.74) is 2.75. The summed E-state index contributed by atoms with van der Waals surface area (Å²) in [7, 11) is 1.56. The number of carbonyl (C=O) groups is 1. The summed E-state index contributed by atoms with van der Waals surface area (Å²) in [6, 6.07) is 14.9. The minimum atomic E-state index is -0.404. The van der Waals surface area contributed by atoms with Crippen LogP contribution in [0.3, 0.4) is 0 Å². The van der Waals surface area contributed by atoms with Crippen LogP contribution < -0.4 is 10.4 Å². The number of hydrogen-bond donors (Lipinski definition) is 0. The maximum absolute atomic E-state index is 12.0. The third-order valence-electron chi connectivity index (χ3n) is 4.52. The molecule has 0 fully saturated rings. The highest BCUT2D eigenvalue weighted by molar-refractivity contribution is 5.83. The van der Waals surface area contributed by atoms with E-state index in [1.807, 2.05) is 43.3 Å². The smallest absolute Gasteiger partial charge is 0.336 e. The SMILES string of the molecule is COCCOC(=O)CCc1cc2c(C)cc(=O)oc2cc1OCc1ccccc1. The van der Waals surface area contributed by atoms with Crippen molar-refractivity contribution in [3.8, 4) is 5.75 Å². The zero-order chi connectivity index (χ0) is 20.6. The van der Waals surface area contributed by atoms with E-state index in [0.717, 1.165) is 22.1 Å². The van der Waals surface area contributed by atoms with Gasteiger partial charge < -0.3 is 18.6 Å². The standard InChI is InChI=1S/C23H24O6/c1-16-12-23(25)29-21-14-20(28-15-17-6-4-3-5-7-17)18(13-19(16)21)8-9-22(24)27-11-10-26-2/h3-7,12-14H,8-11,15H2,1-2H3. The molecule has 0 radical (unpaired) electrons. The fourth-order valence-electron chi connectivity index (χ4n) is 3.00. The van der Waals surface area contributed by atoms with Crippen LogP contribution in [-0.2, 0) is 27.3 Å². The Morgan fingerprint density at radius 2 is 1.86 bits per heavy atom. The minimum absolute atomic E-state index is 0.215. The quantitative estimate of drug-likeness (QED) is 0.311. The molecule has 2 aromatic carbocycles. The fourth-order valence-corrected chi connectivity index (χ4v) is 3.00. The van der Waals surface area contributed by atoms with Gasteiger partial charge in [-0.15, -0.1) is 0 Å². The van der Waals surface area contributed by atoms with Crippen LogP contribution in [0.5, 0.6) is 5.75 Å². The summed E-state index contributed by atoms with van der Waals surface area (Å²) in [5.74, 6) is 0.285. The highest BCUT2D eigenvalue weighted by Crippen LogP contribution is 2.29. The second-order valence-corrected chi connectivity index (χ2v) is 6.69. The van der Waals surface area contributed by atoms with Crippen LogP contribution in [0.25, 0.3) is 11.0 Å². The number of fused-ring (bicyclic) bond motifs is 1. The third kappa shape index (κ3) is 5.68. The number of ether oxygens (including phenoxy) is 3. The van der Waals surface area contributed by atoms with Gasteiger partial charge in [-0.3, -0.25) is 4.79 Å². The number of hydrogen-bond acceptors (Lipinski definition) is 6. The van der Waals surface area contributed by atoms with E-state index < -0.39 is 5.63 Å². The predicted octanol–water partition coefficient (Wildman–Crippen LogP) is 3.80. The van der Waals surface area contributed by atoms with E-state index in [9.17, 15) is 9.59 Å². The van der Waals surface area contributed by atoms with Crippen LogP contribution in [0.15, 0.2) is 57.7 Å². The summed E-state index contributed by atoms with van der Waals surface area (Å²) in [6.07, 6.45) is 0.664. The molecule has 0 aliphatic heterocycles. The second kappa shape index (κ2) is 9.89. The number of aryl methyl sites for hydroxylation is 2. The van der Waals surface area contributed by atoms with Crippen molar-refractivity contribution in [2.75, 3.05) is 20.3 Å². The average molecular weight is 396 g/mol. The lowest BCUT2D eigenvalue weighted by atomic mass is 10.0. The molecule has 3 aromatic rings. The Kier molecular flexibility index (Phi) is 7.03. The van der Waals surface area contributed by atoms with Crippen LogP contribution in [0.2, 0.25) is 0 Å². The first kappa shape index (κ1) is 20.6. The Balaban J connectivity index is 1.83. The maximum Gasteiger partial charge on any atom is 0.336 e. The Labute approximate surface area is 169 Å². The third-order valence-corrected chi connectivity index (χ3v) is 4.52. The lowest BCUT2D eigenvalue weighted by molar-refractivity contribution is -0.144. The van der Waals surface area contributed by atoms with Crippen LogP contribution in [0, 0.1) is 6.92 Å². The van der Waals surface area contributed by atoms with Gasteiger partial charge >= 0.3 is 11.6 Å². The molecule has 6 nitrogen and oxygen atoms in total. The molecule has 1 heterocycles. The lowest BCUT2D eigenvalue weighted by Crippen LogP contribution is -2.11. The molecule has 3 rings (SSSR count). The zero-order valence-electron chi connectivity index (χ0n) is 16.6. The van der Waals surface area contributed by atoms with Crippen molar-refractivity contribution in [3.05, 3.63) is 75.6 Å². The van der Waals surface area contributed by atoms with E-state index in [1.165, 1.54) is 6.07 Å². The van der Waals surface area contributed by atoms with Gasteiger partial charge in [-0.2, -0.15) is 0 Å². The average Bonchev–Trinajstić information content (AvgIpc) is 2.71. The molecule has 0 amide bonds. The molecule has 0 aliphatic carbocycles. The first-order valence-electron chi connectivity index (χ1n) is 9.45. The molecule has 0 atom stereocenters. The summed E-state index contributed by atoms with van der Waals surface area (Å²) < 4.78 is 21.4. The van der Waals surface area contributed by atoms with Crippen molar-refractivity contribution >= 4 is 16.9 Å². The summed E-state index contributed by atoms with van der Waals surface area (Å²) in [4.78, 5) is 23.7. The first-order chi connectivity index (χ1) is 14.1. The molecular weight excluding hydrogens is 372 g/mol. The Morgan fingerprint density at radius 3 is 2.62 bits per heavy atom. The number of benzene rings is 2. The molecule has 6 heteroatoms. The maximum atomic E-state index is 12.0. The molecule has 29 heavy (non-hydrogen) atoms. The molecular formula is C23H24O6. The molecule has 0 N–H and O–H groups in total. The second-order valence-electron chi connectivity index (χ2n) is 6.69. The Hall–Kier alpha value is -3.12. The van der Waals surface area contributed by atoms with Crippen LogP contribution in [-0.4, -0.2) is 26.3 Å². The van der Waals surface area contributed by atoms with Crippen molar-refractivity contribution < 1.29 is 23.4 Å². The molecule has 0 unspecified atom stereocenters. The fraction of sp³-hybridized carbons (Fsp3) is 0.304. The van der Waals surface area contributed by atoms with E-state index in [4.69, 9.17) is 18.6 Å².